The van der Waals surface area contributed by atoms with Gasteiger partial charge in [0.15, 0.2) is 0 Å². The first-order chi connectivity index (χ1) is 7.11. The van der Waals surface area contributed by atoms with Gasteiger partial charge in [-0.25, -0.2) is 0 Å². The SMILES string of the molecule is CCN(CC)C(=S)S[Te]1(I)CCCCC1. The summed E-state index contributed by atoms with van der Waals surface area (Å²) in [5, 5.41) is 0. The van der Waals surface area contributed by atoms with Gasteiger partial charge in [0, 0.05) is 0 Å². The predicted molar refractivity (Wildman–Crippen MR) is 86.3 cm³/mol. The first kappa shape index (κ1) is 14.8. The molecule has 0 aromatic rings. The number of halogens is 1. The van der Waals surface area contributed by atoms with Crippen LogP contribution in [0.5, 0.6) is 0 Å². The summed E-state index contributed by atoms with van der Waals surface area (Å²) in [7, 11) is 2.11. The number of nitrogens with zero attached hydrogens (tertiary/aromatic N) is 1. The average Bonchev–Trinajstić information content (AvgIpc) is 2.19. The molecule has 0 aliphatic carbocycles. The third-order valence-electron chi connectivity index (χ3n) is 2.64. The summed E-state index contributed by atoms with van der Waals surface area (Å²) < 4.78 is 4.20. The summed E-state index contributed by atoms with van der Waals surface area (Å²) in [6.45, 7) is 6.53. The Morgan fingerprint density at radius 1 is 1.27 bits per heavy atom. The Kier molecular flexibility index (Phi) is 7.16. The van der Waals surface area contributed by atoms with Crippen molar-refractivity contribution >= 4 is 57.1 Å². The number of thiocarbonyl (C=S) groups is 1. The molecule has 0 bridgehead atoms. The summed E-state index contributed by atoms with van der Waals surface area (Å²) in [4.78, 5) is 2.33. The fraction of sp³-hybridized carbons (Fsp3) is 0.900. The van der Waals surface area contributed by atoms with Crippen LogP contribution in [0.2, 0.25) is 8.94 Å². The number of rotatable bonds is 3. The minimum atomic E-state index is -1.63. The van der Waals surface area contributed by atoms with Gasteiger partial charge in [0.25, 0.3) is 0 Å². The fourth-order valence-electron chi connectivity index (χ4n) is 1.66. The summed E-state index contributed by atoms with van der Waals surface area (Å²) >= 11 is 6.73. The molecular formula is C10H20INS2Te. The van der Waals surface area contributed by atoms with Gasteiger partial charge in [0.05, 0.1) is 0 Å². The third-order valence-corrected chi connectivity index (χ3v) is 25.6. The molecule has 0 aromatic heterocycles. The second kappa shape index (κ2) is 7.25. The second-order valence-electron chi connectivity index (χ2n) is 3.71. The van der Waals surface area contributed by atoms with E-state index in [0.29, 0.717) is 0 Å². The van der Waals surface area contributed by atoms with Crippen LogP contribution in [-0.4, -0.2) is 35.2 Å². The van der Waals surface area contributed by atoms with Gasteiger partial charge in [-0.05, 0) is 0 Å². The van der Waals surface area contributed by atoms with E-state index in [4.69, 9.17) is 12.2 Å². The Labute approximate surface area is 116 Å². The zero-order valence-corrected chi connectivity index (χ0v) is 15.6. The zero-order chi connectivity index (χ0) is 11.3. The number of hydrogen-bond acceptors (Lipinski definition) is 2. The number of hydrogen-bond donors (Lipinski definition) is 0. The Bertz CT molecular complexity index is 215. The fourth-order valence-corrected chi connectivity index (χ4v) is 25.7. The molecule has 1 fully saturated rings. The van der Waals surface area contributed by atoms with Crippen molar-refractivity contribution in [1.29, 1.82) is 0 Å². The molecule has 0 radical (unpaired) electrons. The van der Waals surface area contributed by atoms with Crippen LogP contribution in [0.15, 0.2) is 0 Å². The normalized spacial score (nSPS) is 22.1. The first-order valence-electron chi connectivity index (χ1n) is 5.58. The first-order valence-corrected chi connectivity index (χ1v) is 19.7. The summed E-state index contributed by atoms with van der Waals surface area (Å²) in [5.41, 5.74) is 0. The summed E-state index contributed by atoms with van der Waals surface area (Å²) in [5.74, 6) is 0. The van der Waals surface area contributed by atoms with E-state index in [0.717, 1.165) is 13.1 Å². The van der Waals surface area contributed by atoms with Crippen molar-refractivity contribution in [2.24, 2.45) is 0 Å². The Morgan fingerprint density at radius 3 is 2.27 bits per heavy atom. The van der Waals surface area contributed by atoms with Crippen molar-refractivity contribution in [3.8, 4) is 0 Å². The van der Waals surface area contributed by atoms with Gasteiger partial charge in [-0.15, -0.1) is 0 Å². The molecule has 1 nitrogen and oxygen atoms in total. The van der Waals surface area contributed by atoms with E-state index in [-0.39, 0.29) is 0 Å². The molecule has 0 N–H and O–H groups in total. The van der Waals surface area contributed by atoms with Gasteiger partial charge in [0.1, 0.15) is 0 Å². The van der Waals surface area contributed by atoms with Gasteiger partial charge < -0.3 is 0 Å². The molecule has 90 valence electrons. The molecule has 1 aliphatic heterocycles. The van der Waals surface area contributed by atoms with Crippen molar-refractivity contribution in [3.05, 3.63) is 0 Å². The Balaban J connectivity index is 2.48. The topological polar surface area (TPSA) is 3.24 Å². The molecule has 0 atom stereocenters. The van der Waals surface area contributed by atoms with Crippen molar-refractivity contribution < 1.29 is 0 Å². The van der Waals surface area contributed by atoms with Crippen LogP contribution in [0.3, 0.4) is 0 Å². The maximum atomic E-state index is 5.56. The molecule has 15 heavy (non-hydrogen) atoms. The van der Waals surface area contributed by atoms with E-state index in [9.17, 15) is 0 Å². The van der Waals surface area contributed by atoms with Gasteiger partial charge in [0.2, 0.25) is 0 Å². The van der Waals surface area contributed by atoms with E-state index < -0.39 is 12.9 Å². The molecule has 0 aromatic carbocycles. The standard InChI is InChI=1S/C10H20INS2Te/c1-3-12(4-2)10(13)14-15(11)8-6-5-7-9-15/h3-9H2,1-2H3. The van der Waals surface area contributed by atoms with E-state index in [1.165, 1.54) is 32.5 Å². The Morgan fingerprint density at radius 2 is 1.80 bits per heavy atom. The van der Waals surface area contributed by atoms with Gasteiger partial charge in [-0.1, -0.05) is 0 Å². The van der Waals surface area contributed by atoms with Crippen LogP contribution in [0.1, 0.15) is 33.1 Å². The van der Waals surface area contributed by atoms with E-state index in [1.54, 1.807) is 0 Å². The van der Waals surface area contributed by atoms with E-state index in [1.807, 2.05) is 0 Å². The molecule has 0 unspecified atom stereocenters. The molecule has 0 saturated carbocycles. The molecule has 1 rings (SSSR count). The molecule has 1 heterocycles. The molecule has 1 saturated heterocycles. The van der Waals surface area contributed by atoms with Crippen molar-refractivity contribution in [2.45, 2.75) is 42.0 Å². The van der Waals surface area contributed by atoms with Crippen LogP contribution < -0.4 is 0 Å². The van der Waals surface area contributed by atoms with Crippen LogP contribution in [0.4, 0.5) is 0 Å². The maximum absolute atomic E-state index is 5.56. The van der Waals surface area contributed by atoms with Crippen LogP contribution in [-0.2, 0) is 0 Å². The van der Waals surface area contributed by atoms with Crippen LogP contribution in [0, 0.1) is 0 Å². The van der Waals surface area contributed by atoms with Crippen molar-refractivity contribution in [1.82, 2.24) is 4.90 Å². The quantitative estimate of drug-likeness (QED) is 0.340. The van der Waals surface area contributed by atoms with Crippen molar-refractivity contribution in [2.75, 3.05) is 13.1 Å². The molecular weight excluding hydrogens is 453 g/mol. The molecule has 5 heteroatoms. The Hall–Kier alpha value is 1.76. The van der Waals surface area contributed by atoms with E-state index in [2.05, 4.69) is 46.4 Å². The summed E-state index contributed by atoms with van der Waals surface area (Å²) in [6, 6.07) is 0. The third kappa shape index (κ3) is 4.87. The van der Waals surface area contributed by atoms with Gasteiger partial charge >= 0.3 is 117 Å². The van der Waals surface area contributed by atoms with Gasteiger partial charge in [-0.3, -0.25) is 0 Å². The van der Waals surface area contributed by atoms with Gasteiger partial charge in [-0.2, -0.15) is 0 Å². The molecule has 1 aliphatic rings. The molecule has 0 spiro atoms. The zero-order valence-electron chi connectivity index (χ0n) is 9.50. The second-order valence-corrected chi connectivity index (χ2v) is 32.4. The average molecular weight is 473 g/mol. The van der Waals surface area contributed by atoms with Crippen LogP contribution >= 0.6 is 39.9 Å². The van der Waals surface area contributed by atoms with Crippen LogP contribution in [0.25, 0.3) is 0 Å². The molecule has 0 amide bonds. The van der Waals surface area contributed by atoms with Crippen molar-refractivity contribution in [3.63, 3.8) is 0 Å². The van der Waals surface area contributed by atoms with E-state index >= 15 is 0 Å². The predicted octanol–water partition coefficient (Wildman–Crippen LogP) is 4.41. The monoisotopic (exact) mass is 475 g/mol. The summed E-state index contributed by atoms with van der Waals surface area (Å²) in [6.07, 6.45) is 4.37. The minimum absolute atomic E-state index is 1.07.